The lowest BCUT2D eigenvalue weighted by Gasteiger charge is -2.36. The molecule has 2 aliphatic heterocycles. The molecule has 2 fully saturated rings. The van der Waals surface area contributed by atoms with Crippen molar-refractivity contribution in [3.05, 3.63) is 96.7 Å². The summed E-state index contributed by atoms with van der Waals surface area (Å²) in [7, 11) is 0. The molecule has 41 heavy (non-hydrogen) atoms. The molecule has 8 heteroatoms. The summed E-state index contributed by atoms with van der Waals surface area (Å²) in [6.45, 7) is 3.64. The number of nitrogens with one attached hydrogen (secondary N) is 2. The first kappa shape index (κ1) is 24.0. The van der Waals surface area contributed by atoms with E-state index >= 15 is 0 Å². The van der Waals surface area contributed by atoms with E-state index in [9.17, 15) is 4.79 Å². The minimum atomic E-state index is -0.531. The van der Waals surface area contributed by atoms with E-state index in [2.05, 4.69) is 66.4 Å². The van der Waals surface area contributed by atoms with Crippen molar-refractivity contribution in [2.24, 2.45) is 0 Å². The van der Waals surface area contributed by atoms with Crippen LogP contribution in [0.15, 0.2) is 91.1 Å². The van der Waals surface area contributed by atoms with Gasteiger partial charge in [-0.2, -0.15) is 0 Å². The van der Waals surface area contributed by atoms with Crippen LogP contribution in [0.1, 0.15) is 24.4 Å². The first-order valence-electron chi connectivity index (χ1n) is 14.4. The first-order valence-corrected chi connectivity index (χ1v) is 14.4. The molecular formula is C33H31N7O. The van der Waals surface area contributed by atoms with E-state index in [0.29, 0.717) is 6.04 Å². The van der Waals surface area contributed by atoms with Crippen molar-refractivity contribution in [2.45, 2.75) is 24.9 Å². The van der Waals surface area contributed by atoms with E-state index in [1.165, 1.54) is 12.8 Å². The van der Waals surface area contributed by atoms with Crippen molar-refractivity contribution in [1.82, 2.24) is 14.5 Å². The van der Waals surface area contributed by atoms with Crippen molar-refractivity contribution >= 4 is 39.8 Å². The van der Waals surface area contributed by atoms with Gasteiger partial charge in [0.15, 0.2) is 0 Å². The summed E-state index contributed by atoms with van der Waals surface area (Å²) in [4.78, 5) is 28.3. The number of rotatable bonds is 5. The van der Waals surface area contributed by atoms with Crippen LogP contribution in [0.25, 0.3) is 22.4 Å². The zero-order valence-electron chi connectivity index (χ0n) is 22.7. The summed E-state index contributed by atoms with van der Waals surface area (Å²) in [5, 5.41) is 6.81. The number of benzene rings is 3. The number of fused-ring (bicyclic) bond motifs is 5. The normalized spacial score (nSPS) is 18.4. The molecule has 4 heterocycles. The number of pyridine rings is 1. The van der Waals surface area contributed by atoms with Crippen molar-refractivity contribution in [3.8, 4) is 11.4 Å². The monoisotopic (exact) mass is 541 g/mol. The van der Waals surface area contributed by atoms with Crippen LogP contribution in [-0.2, 0) is 4.79 Å². The quantitative estimate of drug-likeness (QED) is 0.304. The van der Waals surface area contributed by atoms with Crippen molar-refractivity contribution in [1.29, 1.82) is 0 Å². The molecule has 5 aromatic rings. The van der Waals surface area contributed by atoms with Crippen molar-refractivity contribution < 1.29 is 4.79 Å². The Balaban J connectivity index is 1.20. The number of nitrogens with zero attached hydrogens (tertiary/aromatic N) is 5. The summed E-state index contributed by atoms with van der Waals surface area (Å²) >= 11 is 0. The Morgan fingerprint density at radius 3 is 2.41 bits per heavy atom. The van der Waals surface area contributed by atoms with Gasteiger partial charge in [-0.1, -0.05) is 36.4 Å². The molecule has 8 rings (SSSR count). The summed E-state index contributed by atoms with van der Waals surface area (Å²) < 4.78 is 2.12. The lowest BCUT2D eigenvalue weighted by Crippen LogP contribution is -2.46. The Morgan fingerprint density at radius 1 is 0.829 bits per heavy atom. The maximum atomic E-state index is 13.8. The minimum absolute atomic E-state index is 0.0619. The number of hydrogen-bond donors (Lipinski definition) is 2. The number of carbonyl (C=O) groups is 1. The zero-order valence-corrected chi connectivity index (χ0v) is 22.7. The van der Waals surface area contributed by atoms with Gasteiger partial charge in [0.25, 0.3) is 5.91 Å². The standard InChI is InChI=1S/C33H31N7O/c41-33-31(22-6-2-1-3-7-22)40-29-14-12-25(38-16-18-39(19-17-38)30-8-4-5-15-34-30)21-28(29)36-32(40)26-20-24(35-23-9-10-23)11-13-27(26)37-33/h1-8,11-15,20-21,23,31,35H,9-10,16-19H2,(H,37,41). The highest BCUT2D eigenvalue weighted by atomic mass is 16.2. The fraction of sp³-hybridized carbons (Fsp3) is 0.242. The van der Waals surface area contributed by atoms with E-state index in [-0.39, 0.29) is 5.91 Å². The number of amides is 1. The third-order valence-corrected chi connectivity index (χ3v) is 8.38. The molecule has 204 valence electrons. The number of anilines is 4. The van der Waals surface area contributed by atoms with E-state index < -0.39 is 6.04 Å². The van der Waals surface area contributed by atoms with Gasteiger partial charge >= 0.3 is 0 Å². The van der Waals surface area contributed by atoms with E-state index in [0.717, 1.165) is 77.0 Å². The molecule has 3 aromatic carbocycles. The summed E-state index contributed by atoms with van der Waals surface area (Å²) in [5.74, 6) is 1.77. The molecule has 3 aliphatic rings. The van der Waals surface area contributed by atoms with Gasteiger partial charge in [-0.15, -0.1) is 0 Å². The average Bonchev–Trinajstić information content (AvgIpc) is 3.78. The predicted molar refractivity (Wildman–Crippen MR) is 164 cm³/mol. The molecule has 1 amide bonds. The van der Waals surface area contributed by atoms with Gasteiger partial charge in [0.05, 0.1) is 16.7 Å². The highest BCUT2D eigenvalue weighted by Gasteiger charge is 2.33. The molecule has 1 saturated carbocycles. The third-order valence-electron chi connectivity index (χ3n) is 8.38. The number of carbonyl (C=O) groups excluding carboxylic acids is 1. The average molecular weight is 542 g/mol. The largest absolute Gasteiger partial charge is 0.382 e. The molecule has 0 radical (unpaired) electrons. The molecule has 1 unspecified atom stereocenters. The Labute approximate surface area is 238 Å². The van der Waals surface area contributed by atoms with Crippen LogP contribution in [0.5, 0.6) is 0 Å². The lowest BCUT2D eigenvalue weighted by molar-refractivity contribution is -0.118. The molecule has 8 nitrogen and oxygen atoms in total. The Hall–Kier alpha value is -4.85. The van der Waals surface area contributed by atoms with Gasteiger partial charge in [-0.05, 0) is 66.9 Å². The van der Waals surface area contributed by atoms with Gasteiger partial charge in [0.2, 0.25) is 0 Å². The smallest absolute Gasteiger partial charge is 0.252 e. The van der Waals surface area contributed by atoms with Crippen molar-refractivity contribution in [2.75, 3.05) is 46.6 Å². The van der Waals surface area contributed by atoms with Crippen LogP contribution in [-0.4, -0.2) is 52.7 Å². The van der Waals surface area contributed by atoms with Gasteiger partial charge in [0, 0.05) is 55.4 Å². The van der Waals surface area contributed by atoms with Crippen molar-refractivity contribution in [3.63, 3.8) is 0 Å². The van der Waals surface area contributed by atoms with Crippen LogP contribution >= 0.6 is 0 Å². The highest BCUT2D eigenvalue weighted by Crippen LogP contribution is 2.41. The van der Waals surface area contributed by atoms with Crippen LogP contribution in [0.3, 0.4) is 0 Å². The number of aromatic nitrogens is 3. The summed E-state index contributed by atoms with van der Waals surface area (Å²) in [6.07, 6.45) is 4.24. The second-order valence-electron chi connectivity index (χ2n) is 11.1. The summed E-state index contributed by atoms with van der Waals surface area (Å²) in [6, 6.07) is 28.7. The topological polar surface area (TPSA) is 78.3 Å². The SMILES string of the molecule is O=C1Nc2ccc(NC3CC3)cc2-c2nc3cc(N4CCN(c5ccccn5)CC4)ccc3n2C1c1ccccc1. The van der Waals surface area contributed by atoms with Gasteiger partial charge in [0.1, 0.15) is 17.7 Å². The van der Waals surface area contributed by atoms with Gasteiger partial charge in [-0.3, -0.25) is 4.79 Å². The lowest BCUT2D eigenvalue weighted by atomic mass is 10.1. The van der Waals surface area contributed by atoms with Crippen LogP contribution < -0.4 is 20.4 Å². The van der Waals surface area contributed by atoms with Gasteiger partial charge in [-0.25, -0.2) is 9.97 Å². The van der Waals surface area contributed by atoms with Crippen LogP contribution in [0, 0.1) is 0 Å². The molecule has 0 spiro atoms. The van der Waals surface area contributed by atoms with E-state index in [1.807, 2.05) is 54.7 Å². The Bertz CT molecular complexity index is 1740. The molecule has 1 saturated heterocycles. The second kappa shape index (κ2) is 9.66. The Morgan fingerprint density at radius 2 is 1.63 bits per heavy atom. The fourth-order valence-corrected chi connectivity index (χ4v) is 6.12. The van der Waals surface area contributed by atoms with E-state index in [4.69, 9.17) is 4.98 Å². The highest BCUT2D eigenvalue weighted by molar-refractivity contribution is 6.03. The minimum Gasteiger partial charge on any atom is -0.382 e. The van der Waals surface area contributed by atoms with E-state index in [1.54, 1.807) is 0 Å². The maximum absolute atomic E-state index is 13.8. The maximum Gasteiger partial charge on any atom is 0.252 e. The number of piperazine rings is 1. The predicted octanol–water partition coefficient (Wildman–Crippen LogP) is 5.54. The first-order chi connectivity index (χ1) is 20.2. The molecule has 0 bridgehead atoms. The molecule has 1 aliphatic carbocycles. The molecule has 1 atom stereocenters. The molecule has 2 aromatic heterocycles. The number of hydrogen-bond acceptors (Lipinski definition) is 6. The number of imidazole rings is 1. The van der Waals surface area contributed by atoms with Gasteiger partial charge < -0.3 is 25.0 Å². The summed E-state index contributed by atoms with van der Waals surface area (Å²) in [5.41, 5.74) is 6.71. The molecule has 2 N–H and O–H groups in total. The van der Waals surface area contributed by atoms with Crippen LogP contribution in [0.2, 0.25) is 0 Å². The molecular weight excluding hydrogens is 510 g/mol. The second-order valence-corrected chi connectivity index (χ2v) is 11.1. The zero-order chi connectivity index (χ0) is 27.3. The van der Waals surface area contributed by atoms with Crippen LogP contribution in [0.4, 0.5) is 22.9 Å². The fourth-order valence-electron chi connectivity index (χ4n) is 6.12. The third kappa shape index (κ3) is 4.36. The Kier molecular flexibility index (Phi) is 5.65.